The molecule has 0 bridgehead atoms. The molecule has 8 rings (SSSR count). The molecule has 0 spiro atoms. The van der Waals surface area contributed by atoms with Crippen LogP contribution in [0.25, 0.3) is 5.57 Å². The van der Waals surface area contributed by atoms with Gasteiger partial charge >= 0.3 is 5.82 Å². The predicted octanol–water partition coefficient (Wildman–Crippen LogP) is 11.6. The highest BCUT2D eigenvalue weighted by molar-refractivity contribution is 7.85. The topological polar surface area (TPSA) is 160 Å². The summed E-state index contributed by atoms with van der Waals surface area (Å²) in [7, 11) is -3.63. The number of nitrogens with zero attached hydrogens (tertiary/aromatic N) is 3. The molecule has 0 saturated carbocycles. The summed E-state index contributed by atoms with van der Waals surface area (Å²) in [4.78, 5) is 47.1. The molecule has 15 heteroatoms. The van der Waals surface area contributed by atoms with Gasteiger partial charge in [0.25, 0.3) is 5.91 Å². The van der Waals surface area contributed by atoms with Crippen molar-refractivity contribution in [1.82, 2.24) is 10.6 Å². The second-order valence-corrected chi connectivity index (χ2v) is 26.0. The Balaban J connectivity index is 0.762. The van der Waals surface area contributed by atoms with Crippen molar-refractivity contribution in [3.63, 3.8) is 0 Å². The normalized spacial score (nSPS) is 14.8. The number of aliphatic hydroxyl groups is 1. The van der Waals surface area contributed by atoms with Gasteiger partial charge in [-0.2, -0.15) is 0 Å². The molecular weight excluding hydrogens is 1120 g/mol. The molecule has 1 aromatic heterocycles. The quantitative estimate of drug-likeness (QED) is 0.0123. The van der Waals surface area contributed by atoms with E-state index in [-0.39, 0.29) is 39.1 Å². The van der Waals surface area contributed by atoms with Crippen molar-refractivity contribution in [3.05, 3.63) is 208 Å². The highest BCUT2D eigenvalue weighted by atomic mass is 35.5. The molecular formula is C71H84ClN5O8P+. The van der Waals surface area contributed by atoms with Crippen molar-refractivity contribution in [1.29, 1.82) is 0 Å². The van der Waals surface area contributed by atoms with Gasteiger partial charge in [0.05, 0.1) is 49.0 Å². The summed E-state index contributed by atoms with van der Waals surface area (Å²) in [6.07, 6.45) is 16.2. The molecule has 0 fully saturated rings. The van der Waals surface area contributed by atoms with E-state index in [0.29, 0.717) is 94.0 Å². The maximum Gasteiger partial charge on any atom is 0.327 e. The number of nitrogens with one attached hydrogen (secondary N) is 2. The lowest BCUT2D eigenvalue weighted by Gasteiger charge is -2.26. The first-order valence-electron chi connectivity index (χ1n) is 30.3. The van der Waals surface area contributed by atoms with Gasteiger partial charge in [-0.25, -0.2) is 4.57 Å². The number of aliphatic imine (C=N–C) groups is 1. The number of para-hydroxylation sites is 1. The van der Waals surface area contributed by atoms with E-state index in [4.69, 9.17) is 30.8 Å². The predicted molar refractivity (Wildman–Crippen MR) is 348 cm³/mol. The third-order valence-corrected chi connectivity index (χ3v) is 19.2. The number of benzene rings is 5. The number of hydrogen-bond acceptors (Lipinski definition) is 10. The van der Waals surface area contributed by atoms with Gasteiger partial charge in [0.2, 0.25) is 5.91 Å². The summed E-state index contributed by atoms with van der Waals surface area (Å²) in [5, 5.41) is 17.7. The number of carbonyl (C=O) groups excluding carboxylic acids is 3. The summed E-state index contributed by atoms with van der Waals surface area (Å²) in [6.45, 7) is 17.8. The Bertz CT molecular complexity index is 3440. The monoisotopic (exact) mass is 1200 g/mol. The van der Waals surface area contributed by atoms with E-state index in [9.17, 15) is 19.5 Å². The van der Waals surface area contributed by atoms with Gasteiger partial charge in [-0.3, -0.25) is 14.4 Å². The number of aliphatic hydroxyl groups excluding tert-OH is 1. The van der Waals surface area contributed by atoms with E-state index in [1.165, 1.54) is 35.1 Å². The second-order valence-electron chi connectivity index (χ2n) is 22.8. The van der Waals surface area contributed by atoms with Gasteiger partial charge in [-0.1, -0.05) is 161 Å². The number of fused-ring (bicyclic) bond motifs is 2. The number of hydrogen-bond donors (Lipinski definition) is 3. The number of ketones is 1. The van der Waals surface area contributed by atoms with Gasteiger partial charge in [0.1, 0.15) is 12.8 Å². The smallest absolute Gasteiger partial charge is 0.327 e. The average Bonchev–Trinajstić information content (AvgIpc) is 1.42. The lowest BCUT2D eigenvalue weighted by atomic mass is 9.81. The fourth-order valence-electron chi connectivity index (χ4n) is 11.1. The molecule has 2 aliphatic rings. The molecule has 0 atom stereocenters. The van der Waals surface area contributed by atoms with Crippen LogP contribution in [-0.2, 0) is 47.4 Å². The van der Waals surface area contributed by atoms with Crippen LogP contribution in [-0.4, -0.2) is 94.3 Å². The van der Waals surface area contributed by atoms with E-state index < -0.39 is 19.5 Å². The number of anilines is 1. The largest absolute Gasteiger partial charge is 0.388 e. The van der Waals surface area contributed by atoms with Crippen LogP contribution in [0.2, 0.25) is 5.02 Å². The summed E-state index contributed by atoms with van der Waals surface area (Å²) in [6, 6.07) is 41.5. The van der Waals surface area contributed by atoms with E-state index in [0.717, 1.165) is 66.1 Å². The number of allylic oxidation sites excluding steroid dienone is 6. The number of ether oxygens (including phenoxy) is 3. The van der Waals surface area contributed by atoms with Crippen molar-refractivity contribution < 1.29 is 42.8 Å². The Kier molecular flexibility index (Phi) is 23.4. The van der Waals surface area contributed by atoms with Crippen LogP contribution in [0.3, 0.4) is 0 Å². The van der Waals surface area contributed by atoms with Crippen molar-refractivity contribution in [2.75, 3.05) is 70.8 Å². The van der Waals surface area contributed by atoms with Crippen LogP contribution in [0, 0.1) is 0 Å². The Labute approximate surface area is 513 Å². The first kappa shape index (κ1) is 64.9. The average molecular weight is 1200 g/mol. The zero-order chi connectivity index (χ0) is 61.1. The van der Waals surface area contributed by atoms with Crippen molar-refractivity contribution in [2.24, 2.45) is 4.99 Å². The van der Waals surface area contributed by atoms with E-state index in [1.54, 1.807) is 48.5 Å². The Hall–Kier alpha value is -7.09. The molecule has 0 saturated heterocycles. The van der Waals surface area contributed by atoms with Gasteiger partial charge in [0, 0.05) is 83.1 Å². The van der Waals surface area contributed by atoms with Crippen LogP contribution in [0.15, 0.2) is 175 Å². The number of aromatic nitrogens is 1. The Morgan fingerprint density at radius 3 is 2.02 bits per heavy atom. The molecule has 3 N–H and O–H groups in total. The molecule has 3 heterocycles. The maximum absolute atomic E-state index is 15.2. The number of halogens is 1. The fourth-order valence-corrected chi connectivity index (χ4v) is 14.3. The van der Waals surface area contributed by atoms with Crippen molar-refractivity contribution in [3.8, 4) is 0 Å². The number of pyridine rings is 1. The minimum atomic E-state index is -3.63. The summed E-state index contributed by atoms with van der Waals surface area (Å²) < 4.78 is 34.5. The zero-order valence-electron chi connectivity index (χ0n) is 50.8. The van der Waals surface area contributed by atoms with Crippen LogP contribution >= 0.6 is 18.7 Å². The van der Waals surface area contributed by atoms with Crippen LogP contribution < -0.4 is 36.0 Å². The standard InChI is InChI=1S/C71H83ClN5O8P/c1-7-9-40-76-50-56(72)49-61-68(76)75-65(70(61,3)4)34-31-53(32-35-66-71(5,6)60-27-16-17-28-62(60)77(66)39-8-2)54-22-18-21-52(47-54)29-36-67(80)73-37-19-41-83-43-45-85-46-44-84-42-20-38-74-69(81)55-30-33-59(63(79)51-78)64(48-55)86(82,57-23-12-10-13-24-57)58-25-14-11-15-26-58/h10-18,21-28,30-35,47-50,78H,7-9,19-20,29,36-46,51H2,1-6H3,(H-,73,74,80,81)/p+1. The minimum Gasteiger partial charge on any atom is -0.388 e. The highest BCUT2D eigenvalue weighted by Crippen LogP contribution is 2.48. The van der Waals surface area contributed by atoms with Crippen LogP contribution in [0.5, 0.6) is 0 Å². The summed E-state index contributed by atoms with van der Waals surface area (Å²) in [5.74, 6) is -0.0115. The molecule has 0 radical (unpaired) electrons. The Morgan fingerprint density at radius 1 is 0.709 bits per heavy atom. The number of unbranched alkanes of at least 4 members (excludes halogenated alkanes) is 1. The lowest BCUT2D eigenvalue weighted by Crippen LogP contribution is -2.35. The highest BCUT2D eigenvalue weighted by Gasteiger charge is 2.43. The Morgan fingerprint density at radius 2 is 1.36 bits per heavy atom. The number of Topliss-reactive ketones (excluding diaryl/α,β-unsaturated/α-hetero) is 1. The van der Waals surface area contributed by atoms with Gasteiger partial charge in [-0.15, -0.1) is 0 Å². The van der Waals surface area contributed by atoms with E-state index >= 15 is 4.57 Å². The summed E-state index contributed by atoms with van der Waals surface area (Å²) in [5.41, 5.74) is 8.94. The molecule has 0 aliphatic carbocycles. The van der Waals surface area contributed by atoms with E-state index in [1.807, 2.05) is 18.3 Å². The molecule has 6 aromatic rings. The fraction of sp³-hybridized carbons (Fsp3) is 0.366. The van der Waals surface area contributed by atoms with Crippen LogP contribution in [0.1, 0.15) is 123 Å². The SMILES string of the molecule is CCCC[n+]1cc(Cl)cc2c1N=C(/C=C/C(=C/C=C1\N(CCC)c3ccccc3C1(C)C)c1cccc(CCC(=O)NCCCOCCOCCOCCCNC(=O)c3ccc(C(=O)CO)c(P(=O)(c4ccccc4)c4ccccc4)c3)c1)C2(C)C. The van der Waals surface area contributed by atoms with Crippen molar-refractivity contribution >= 4 is 75.0 Å². The second kappa shape index (κ2) is 31.0. The van der Waals surface area contributed by atoms with Gasteiger partial charge < -0.3 is 39.4 Å². The zero-order valence-corrected chi connectivity index (χ0v) is 52.4. The molecule has 2 amide bonds. The summed E-state index contributed by atoms with van der Waals surface area (Å²) >= 11 is 6.70. The van der Waals surface area contributed by atoms with Crippen molar-refractivity contribution in [2.45, 2.75) is 104 Å². The first-order valence-corrected chi connectivity index (χ1v) is 32.4. The van der Waals surface area contributed by atoms with Gasteiger partial charge in [-0.05, 0) is 116 Å². The third-order valence-electron chi connectivity index (χ3n) is 15.9. The third kappa shape index (κ3) is 15.9. The maximum atomic E-state index is 15.2. The number of carbonyl (C=O) groups is 3. The van der Waals surface area contributed by atoms with E-state index in [2.05, 4.69) is 141 Å². The number of aryl methyl sites for hydroxylation is 2. The molecule has 452 valence electrons. The minimum absolute atomic E-state index is 0.00838. The molecule has 0 unspecified atom stereocenters. The van der Waals surface area contributed by atoms with Crippen LogP contribution in [0.4, 0.5) is 11.5 Å². The number of amides is 2. The lowest BCUT2D eigenvalue weighted by molar-refractivity contribution is -0.684. The first-order chi connectivity index (χ1) is 41.6. The molecule has 13 nitrogen and oxygen atoms in total. The molecule has 5 aromatic carbocycles. The molecule has 86 heavy (non-hydrogen) atoms. The van der Waals surface area contributed by atoms with Gasteiger partial charge in [0.15, 0.2) is 18.6 Å². The molecule has 2 aliphatic heterocycles. The number of rotatable bonds is 32.